The highest BCUT2D eigenvalue weighted by molar-refractivity contribution is 5.89. The van der Waals surface area contributed by atoms with Gasteiger partial charge in [0.2, 0.25) is 0 Å². The highest BCUT2D eigenvalue weighted by Gasteiger charge is 2.15. The van der Waals surface area contributed by atoms with E-state index in [-0.39, 0.29) is 10.9 Å². The summed E-state index contributed by atoms with van der Waals surface area (Å²) >= 11 is 0. The van der Waals surface area contributed by atoms with Gasteiger partial charge < -0.3 is 9.47 Å². The number of rotatable bonds is 7. The zero-order chi connectivity index (χ0) is 19.2. The van der Waals surface area contributed by atoms with Gasteiger partial charge in [0.15, 0.2) is 11.6 Å². The largest absolute Gasteiger partial charge is 0.490 e. The van der Waals surface area contributed by atoms with Crippen LogP contribution in [0, 0.1) is 11.6 Å². The number of hydrogen-bond donors (Lipinski definition) is 0. The Kier molecular flexibility index (Phi) is 5.87. The second-order valence-electron chi connectivity index (χ2n) is 5.94. The van der Waals surface area contributed by atoms with Crippen molar-refractivity contribution in [2.24, 2.45) is 0 Å². The highest BCUT2D eigenvalue weighted by atomic mass is 19.2. The summed E-state index contributed by atoms with van der Waals surface area (Å²) in [5.74, 6) is -0.635. The summed E-state index contributed by atoms with van der Waals surface area (Å²) < 4.78 is 40.3. The predicted molar refractivity (Wildman–Crippen MR) is 105 cm³/mol. The van der Waals surface area contributed by atoms with Gasteiger partial charge in [0, 0.05) is 10.9 Å². The summed E-state index contributed by atoms with van der Waals surface area (Å²) in [6.45, 7) is 6.25. The zero-order valence-corrected chi connectivity index (χ0v) is 15.0. The minimum atomic E-state index is -0.889. The van der Waals surface area contributed by atoms with Crippen LogP contribution in [-0.2, 0) is 0 Å². The first-order chi connectivity index (χ1) is 13.1. The van der Waals surface area contributed by atoms with Gasteiger partial charge in [-0.05, 0) is 48.2 Å². The Morgan fingerprint density at radius 1 is 0.889 bits per heavy atom. The Balaban J connectivity index is 1.95. The second kappa shape index (κ2) is 8.49. The first-order valence-corrected chi connectivity index (χ1v) is 8.64. The van der Waals surface area contributed by atoms with Crippen LogP contribution in [0.4, 0.5) is 8.78 Å². The van der Waals surface area contributed by atoms with Crippen LogP contribution in [0.3, 0.4) is 0 Å². The van der Waals surface area contributed by atoms with Crippen LogP contribution in [0.1, 0.15) is 6.92 Å². The molecule has 138 valence electrons. The molecule has 27 heavy (non-hydrogen) atoms. The van der Waals surface area contributed by atoms with Gasteiger partial charge in [-0.25, -0.2) is 8.78 Å². The molecule has 0 saturated heterocycles. The molecular formula is C23H20F2O2. The maximum absolute atomic E-state index is 14.7. The van der Waals surface area contributed by atoms with Crippen molar-refractivity contribution in [3.63, 3.8) is 0 Å². The maximum atomic E-state index is 14.7. The molecule has 0 aliphatic rings. The summed E-state index contributed by atoms with van der Waals surface area (Å²) in [6, 6.07) is 13.5. The van der Waals surface area contributed by atoms with Gasteiger partial charge in [-0.3, -0.25) is 0 Å². The number of benzene rings is 3. The molecule has 3 rings (SSSR count). The number of hydrogen-bond acceptors (Lipinski definition) is 2. The second-order valence-corrected chi connectivity index (χ2v) is 5.94. The monoisotopic (exact) mass is 366 g/mol. The molecule has 0 aliphatic heterocycles. The molecule has 3 aromatic carbocycles. The number of allylic oxidation sites excluding steroid dienone is 1. The van der Waals surface area contributed by atoms with E-state index in [0.29, 0.717) is 35.7 Å². The molecule has 0 bridgehead atoms. The Morgan fingerprint density at radius 3 is 2.30 bits per heavy atom. The van der Waals surface area contributed by atoms with Gasteiger partial charge >= 0.3 is 0 Å². The molecule has 0 spiro atoms. The van der Waals surface area contributed by atoms with Crippen molar-refractivity contribution in [1.29, 1.82) is 0 Å². The molecule has 0 unspecified atom stereocenters. The SMILES string of the molecule is C=CCOc1ccc2cc(-c3ccc(OCC=CC)cc3)c(F)c(F)c2c1. The van der Waals surface area contributed by atoms with Crippen LogP contribution >= 0.6 is 0 Å². The van der Waals surface area contributed by atoms with E-state index in [2.05, 4.69) is 6.58 Å². The van der Waals surface area contributed by atoms with Crippen LogP contribution in [0.15, 0.2) is 73.3 Å². The van der Waals surface area contributed by atoms with Gasteiger partial charge in [0.05, 0.1) is 0 Å². The van der Waals surface area contributed by atoms with E-state index < -0.39 is 11.6 Å². The molecule has 0 radical (unpaired) electrons. The molecule has 0 N–H and O–H groups in total. The first-order valence-electron chi connectivity index (χ1n) is 8.64. The Labute approximate surface area is 157 Å². The van der Waals surface area contributed by atoms with Gasteiger partial charge in [-0.1, -0.05) is 43.0 Å². The summed E-state index contributed by atoms with van der Waals surface area (Å²) in [5, 5.41) is 0.785. The van der Waals surface area contributed by atoms with E-state index in [9.17, 15) is 8.78 Å². The molecule has 0 fully saturated rings. The molecule has 0 amide bonds. The van der Waals surface area contributed by atoms with Gasteiger partial charge in [0.1, 0.15) is 24.7 Å². The van der Waals surface area contributed by atoms with Crippen LogP contribution in [0.5, 0.6) is 11.5 Å². The molecule has 0 atom stereocenters. The summed E-state index contributed by atoms with van der Waals surface area (Å²) in [4.78, 5) is 0. The van der Waals surface area contributed by atoms with E-state index in [1.54, 1.807) is 48.5 Å². The maximum Gasteiger partial charge on any atom is 0.167 e. The molecule has 0 saturated carbocycles. The number of halogens is 2. The fourth-order valence-corrected chi connectivity index (χ4v) is 2.73. The Bertz CT molecular complexity index is 976. The van der Waals surface area contributed by atoms with Crippen LogP contribution in [0.25, 0.3) is 21.9 Å². The lowest BCUT2D eigenvalue weighted by atomic mass is 9.99. The third kappa shape index (κ3) is 4.17. The minimum absolute atomic E-state index is 0.184. The van der Waals surface area contributed by atoms with E-state index in [0.717, 1.165) is 0 Å². The van der Waals surface area contributed by atoms with Crippen molar-refractivity contribution in [3.8, 4) is 22.6 Å². The average Bonchev–Trinajstić information content (AvgIpc) is 2.70. The standard InChI is InChI=1S/C23H20F2O2/c1-3-5-13-27-18-9-6-16(7-10-18)20-14-17-8-11-19(26-12-4-2)15-21(17)23(25)22(20)24/h3-11,14-15H,2,12-13H2,1H3. The Morgan fingerprint density at radius 2 is 1.59 bits per heavy atom. The third-order valence-corrected chi connectivity index (χ3v) is 4.11. The highest BCUT2D eigenvalue weighted by Crippen LogP contribution is 2.33. The molecule has 4 heteroatoms. The average molecular weight is 366 g/mol. The van der Waals surface area contributed by atoms with E-state index in [4.69, 9.17) is 9.47 Å². The number of ether oxygens (including phenoxy) is 2. The van der Waals surface area contributed by atoms with E-state index >= 15 is 0 Å². The lowest BCUT2D eigenvalue weighted by molar-refractivity contribution is 0.363. The lowest BCUT2D eigenvalue weighted by Gasteiger charge is -2.11. The van der Waals surface area contributed by atoms with E-state index in [1.165, 1.54) is 6.07 Å². The molecule has 0 aromatic heterocycles. The summed E-state index contributed by atoms with van der Waals surface area (Å²) in [5.41, 5.74) is 0.790. The van der Waals surface area contributed by atoms with Crippen molar-refractivity contribution in [3.05, 3.63) is 85.0 Å². The summed E-state index contributed by atoms with van der Waals surface area (Å²) in [6.07, 6.45) is 5.38. The Hall–Kier alpha value is -3.14. The predicted octanol–water partition coefficient (Wildman–Crippen LogP) is 6.30. The minimum Gasteiger partial charge on any atom is -0.490 e. The fourth-order valence-electron chi connectivity index (χ4n) is 2.73. The molecule has 2 nitrogen and oxygen atoms in total. The van der Waals surface area contributed by atoms with Crippen molar-refractivity contribution in [2.75, 3.05) is 13.2 Å². The lowest BCUT2D eigenvalue weighted by Crippen LogP contribution is -1.96. The van der Waals surface area contributed by atoms with Crippen molar-refractivity contribution in [1.82, 2.24) is 0 Å². The van der Waals surface area contributed by atoms with Crippen LogP contribution in [0.2, 0.25) is 0 Å². The normalized spacial score (nSPS) is 11.1. The molecular weight excluding hydrogens is 346 g/mol. The number of fused-ring (bicyclic) bond motifs is 1. The van der Waals surface area contributed by atoms with Gasteiger partial charge in [-0.15, -0.1) is 0 Å². The topological polar surface area (TPSA) is 18.5 Å². The van der Waals surface area contributed by atoms with Crippen LogP contribution < -0.4 is 9.47 Å². The third-order valence-electron chi connectivity index (χ3n) is 4.11. The van der Waals surface area contributed by atoms with Gasteiger partial charge in [-0.2, -0.15) is 0 Å². The van der Waals surface area contributed by atoms with E-state index in [1.807, 2.05) is 19.1 Å². The molecule has 0 heterocycles. The zero-order valence-electron chi connectivity index (χ0n) is 15.0. The van der Waals surface area contributed by atoms with Gasteiger partial charge in [0.25, 0.3) is 0 Å². The fraction of sp³-hybridized carbons (Fsp3) is 0.130. The van der Waals surface area contributed by atoms with Crippen molar-refractivity contribution in [2.45, 2.75) is 6.92 Å². The molecule has 0 aliphatic carbocycles. The first kappa shape index (κ1) is 18.6. The van der Waals surface area contributed by atoms with Crippen LogP contribution in [-0.4, -0.2) is 13.2 Å². The molecule has 3 aromatic rings. The smallest absolute Gasteiger partial charge is 0.167 e. The van der Waals surface area contributed by atoms with Crippen molar-refractivity contribution < 1.29 is 18.3 Å². The van der Waals surface area contributed by atoms with Crippen molar-refractivity contribution >= 4 is 10.8 Å². The quantitative estimate of drug-likeness (QED) is 0.457. The summed E-state index contributed by atoms with van der Waals surface area (Å²) in [7, 11) is 0.